The van der Waals surface area contributed by atoms with E-state index in [0.717, 1.165) is 84.5 Å². The molecule has 0 saturated carbocycles. The van der Waals surface area contributed by atoms with Crippen molar-refractivity contribution in [3.8, 4) is 0 Å². The van der Waals surface area contributed by atoms with Crippen molar-refractivity contribution in [1.29, 1.82) is 0 Å². The molecule has 3 aliphatic rings. The molecule has 0 N–H and O–H groups in total. The van der Waals surface area contributed by atoms with Gasteiger partial charge in [-0.15, -0.1) is 0 Å². The fourth-order valence-corrected chi connectivity index (χ4v) is 4.95. The van der Waals surface area contributed by atoms with E-state index >= 15 is 0 Å². The number of aryl methyl sites for hydroxylation is 1. The summed E-state index contributed by atoms with van der Waals surface area (Å²) in [6.07, 6.45) is 10.3. The average molecular weight is 361 g/mol. The van der Waals surface area contributed by atoms with E-state index < -0.39 is 0 Å². The molecule has 0 unspecified atom stereocenters. The predicted octanol–water partition coefficient (Wildman–Crippen LogP) is 2.05. The van der Waals surface area contributed by atoms with Crippen LogP contribution < -0.4 is 0 Å². The third kappa shape index (κ3) is 3.67. The van der Waals surface area contributed by atoms with Gasteiger partial charge >= 0.3 is 0 Å². The van der Waals surface area contributed by atoms with Crippen LogP contribution in [-0.4, -0.2) is 64.7 Å². The Morgan fingerprint density at radius 1 is 1.19 bits per heavy atom. The highest BCUT2D eigenvalue weighted by atomic mass is 16.5. The standard InChI is InChI=1S/C20H32N4O2/c1-22-16-21-13-18(22)15-23-8-2-5-20(6-9-23)7-10-24(19(20)25)14-17-3-11-26-12-4-17/h13,16-17H,2-12,14-15H2,1H3/t20-/m0/s1. The molecule has 0 bridgehead atoms. The molecule has 0 aliphatic carbocycles. The topological polar surface area (TPSA) is 50.6 Å². The highest BCUT2D eigenvalue weighted by molar-refractivity contribution is 5.84. The summed E-state index contributed by atoms with van der Waals surface area (Å²) in [5.74, 6) is 1.07. The van der Waals surface area contributed by atoms with Crippen LogP contribution in [0.15, 0.2) is 12.5 Å². The molecule has 1 aromatic rings. The second kappa shape index (κ2) is 7.69. The molecule has 6 heteroatoms. The molecule has 1 amide bonds. The first-order valence-corrected chi connectivity index (χ1v) is 10.2. The van der Waals surface area contributed by atoms with Crippen LogP contribution in [0.25, 0.3) is 0 Å². The number of ether oxygens (including phenoxy) is 1. The average Bonchev–Trinajstić information content (AvgIpc) is 3.10. The molecule has 26 heavy (non-hydrogen) atoms. The number of rotatable bonds is 4. The van der Waals surface area contributed by atoms with Crippen LogP contribution in [0.5, 0.6) is 0 Å². The normalized spacial score (nSPS) is 28.8. The fraction of sp³-hybridized carbons (Fsp3) is 0.800. The maximum absolute atomic E-state index is 13.2. The van der Waals surface area contributed by atoms with E-state index in [9.17, 15) is 4.79 Å². The van der Waals surface area contributed by atoms with Crippen molar-refractivity contribution in [2.24, 2.45) is 18.4 Å². The molecule has 1 spiro atoms. The summed E-state index contributed by atoms with van der Waals surface area (Å²) in [6.45, 7) is 6.66. The lowest BCUT2D eigenvalue weighted by Crippen LogP contribution is -2.39. The number of hydrogen-bond acceptors (Lipinski definition) is 4. The molecule has 4 heterocycles. The van der Waals surface area contributed by atoms with Gasteiger partial charge in [-0.25, -0.2) is 4.98 Å². The summed E-state index contributed by atoms with van der Waals surface area (Å²) in [5.41, 5.74) is 1.16. The van der Waals surface area contributed by atoms with E-state index in [1.807, 2.05) is 12.5 Å². The first-order chi connectivity index (χ1) is 12.7. The Hall–Kier alpha value is -1.40. The smallest absolute Gasteiger partial charge is 0.228 e. The lowest BCUT2D eigenvalue weighted by molar-refractivity contribution is -0.137. The first-order valence-electron chi connectivity index (χ1n) is 10.2. The Bertz CT molecular complexity index is 625. The van der Waals surface area contributed by atoms with Crippen LogP contribution in [-0.2, 0) is 23.1 Å². The second-order valence-corrected chi connectivity index (χ2v) is 8.46. The minimum absolute atomic E-state index is 0.0909. The lowest BCUT2D eigenvalue weighted by atomic mass is 9.79. The van der Waals surface area contributed by atoms with Crippen molar-refractivity contribution < 1.29 is 9.53 Å². The van der Waals surface area contributed by atoms with E-state index in [-0.39, 0.29) is 5.41 Å². The van der Waals surface area contributed by atoms with Gasteiger partial charge in [0.25, 0.3) is 0 Å². The highest BCUT2D eigenvalue weighted by Crippen LogP contribution is 2.42. The summed E-state index contributed by atoms with van der Waals surface area (Å²) < 4.78 is 7.56. The molecule has 0 radical (unpaired) electrons. The minimum Gasteiger partial charge on any atom is -0.381 e. The fourth-order valence-electron chi connectivity index (χ4n) is 4.95. The van der Waals surface area contributed by atoms with E-state index in [1.54, 1.807) is 0 Å². The third-order valence-corrected chi connectivity index (χ3v) is 6.76. The van der Waals surface area contributed by atoms with Crippen molar-refractivity contribution in [3.05, 3.63) is 18.2 Å². The summed E-state index contributed by atoms with van der Waals surface area (Å²) >= 11 is 0. The predicted molar refractivity (Wildman–Crippen MR) is 99.5 cm³/mol. The quantitative estimate of drug-likeness (QED) is 0.825. The van der Waals surface area contributed by atoms with Crippen LogP contribution in [0, 0.1) is 11.3 Å². The van der Waals surface area contributed by atoms with Gasteiger partial charge in [0.2, 0.25) is 5.91 Å². The molecule has 3 aliphatic heterocycles. The maximum Gasteiger partial charge on any atom is 0.228 e. The Balaban J connectivity index is 1.35. The number of carbonyl (C=O) groups excluding carboxylic acids is 1. The number of hydrogen-bond donors (Lipinski definition) is 0. The Labute approximate surface area is 156 Å². The summed E-state index contributed by atoms with van der Waals surface area (Å²) in [7, 11) is 2.05. The number of carbonyl (C=O) groups is 1. The van der Waals surface area contributed by atoms with Gasteiger partial charge in [0, 0.05) is 46.1 Å². The summed E-state index contributed by atoms with van der Waals surface area (Å²) in [6, 6.07) is 0. The van der Waals surface area contributed by atoms with Gasteiger partial charge in [0.15, 0.2) is 0 Å². The molecule has 4 rings (SSSR count). The first kappa shape index (κ1) is 18.0. The Morgan fingerprint density at radius 3 is 2.77 bits per heavy atom. The highest BCUT2D eigenvalue weighted by Gasteiger charge is 2.47. The SMILES string of the molecule is Cn1cncc1CN1CCC[C@]2(CC1)CCN(CC1CCOCC1)C2=O. The molecular weight excluding hydrogens is 328 g/mol. The summed E-state index contributed by atoms with van der Waals surface area (Å²) in [5, 5.41) is 0. The van der Waals surface area contributed by atoms with E-state index in [0.29, 0.717) is 11.8 Å². The molecular formula is C20H32N4O2. The van der Waals surface area contributed by atoms with Gasteiger partial charge in [-0.1, -0.05) is 0 Å². The van der Waals surface area contributed by atoms with Crippen LogP contribution >= 0.6 is 0 Å². The van der Waals surface area contributed by atoms with E-state index in [1.165, 1.54) is 5.69 Å². The van der Waals surface area contributed by atoms with Crippen molar-refractivity contribution in [2.45, 2.75) is 45.1 Å². The van der Waals surface area contributed by atoms with E-state index in [2.05, 4.69) is 26.4 Å². The summed E-state index contributed by atoms with van der Waals surface area (Å²) in [4.78, 5) is 22.1. The number of aromatic nitrogens is 2. The van der Waals surface area contributed by atoms with Gasteiger partial charge in [-0.2, -0.15) is 0 Å². The lowest BCUT2D eigenvalue weighted by Gasteiger charge is -2.30. The van der Waals surface area contributed by atoms with Gasteiger partial charge in [0.1, 0.15) is 0 Å². The molecule has 1 aromatic heterocycles. The minimum atomic E-state index is -0.0909. The molecule has 6 nitrogen and oxygen atoms in total. The molecule has 3 fully saturated rings. The number of imidazole rings is 1. The van der Waals surface area contributed by atoms with Crippen LogP contribution in [0.2, 0.25) is 0 Å². The molecule has 144 valence electrons. The van der Waals surface area contributed by atoms with Gasteiger partial charge in [-0.05, 0) is 57.5 Å². The van der Waals surface area contributed by atoms with Crippen molar-refractivity contribution >= 4 is 5.91 Å². The zero-order chi connectivity index (χ0) is 18.0. The van der Waals surface area contributed by atoms with E-state index in [4.69, 9.17) is 4.74 Å². The van der Waals surface area contributed by atoms with Crippen molar-refractivity contribution in [3.63, 3.8) is 0 Å². The monoisotopic (exact) mass is 360 g/mol. The third-order valence-electron chi connectivity index (χ3n) is 6.76. The largest absolute Gasteiger partial charge is 0.381 e. The molecule has 0 aromatic carbocycles. The van der Waals surface area contributed by atoms with Gasteiger partial charge < -0.3 is 14.2 Å². The number of nitrogens with zero attached hydrogens (tertiary/aromatic N) is 4. The zero-order valence-electron chi connectivity index (χ0n) is 16.0. The van der Waals surface area contributed by atoms with Crippen LogP contribution in [0.1, 0.15) is 44.2 Å². The van der Waals surface area contributed by atoms with Crippen LogP contribution in [0.3, 0.4) is 0 Å². The van der Waals surface area contributed by atoms with Crippen molar-refractivity contribution in [2.75, 3.05) is 39.4 Å². The number of amides is 1. The Morgan fingerprint density at radius 2 is 2.00 bits per heavy atom. The van der Waals surface area contributed by atoms with Crippen LogP contribution in [0.4, 0.5) is 0 Å². The van der Waals surface area contributed by atoms with Crippen molar-refractivity contribution in [1.82, 2.24) is 19.4 Å². The molecule has 1 atom stereocenters. The second-order valence-electron chi connectivity index (χ2n) is 8.46. The van der Waals surface area contributed by atoms with Gasteiger partial charge in [-0.3, -0.25) is 9.69 Å². The van der Waals surface area contributed by atoms with Gasteiger partial charge in [0.05, 0.1) is 17.4 Å². The number of likely N-dealkylation sites (tertiary alicyclic amines) is 2. The molecule has 3 saturated heterocycles. The Kier molecular flexibility index (Phi) is 5.32. The maximum atomic E-state index is 13.2. The zero-order valence-corrected chi connectivity index (χ0v) is 16.0.